The molecule has 1 aliphatic rings. The number of amides is 1. The summed E-state index contributed by atoms with van der Waals surface area (Å²) in [5.74, 6) is 0.125. The Balaban J connectivity index is 1.57. The van der Waals surface area contributed by atoms with Gasteiger partial charge < -0.3 is 19.5 Å². The highest BCUT2D eigenvalue weighted by atomic mass is 16.5. The number of ether oxygens (including phenoxy) is 3. The van der Waals surface area contributed by atoms with Gasteiger partial charge in [0.2, 0.25) is 0 Å². The molecule has 0 saturated heterocycles. The first-order valence-electron chi connectivity index (χ1n) is 10.4. The zero-order valence-corrected chi connectivity index (χ0v) is 17.6. The van der Waals surface area contributed by atoms with Crippen LogP contribution in [0.1, 0.15) is 54.9 Å². The van der Waals surface area contributed by atoms with Crippen LogP contribution in [0.15, 0.2) is 48.5 Å². The van der Waals surface area contributed by atoms with Crippen LogP contribution in [0.25, 0.3) is 0 Å². The van der Waals surface area contributed by atoms with Crippen LogP contribution in [0.2, 0.25) is 0 Å². The van der Waals surface area contributed by atoms with Crippen LogP contribution in [0.3, 0.4) is 0 Å². The Kier molecular flexibility index (Phi) is 7.71. The normalized spacial score (nSPS) is 15.1. The SMILES string of the molecule is COc1cc(C(=O)OC(C)C(=O)NC2CCCCC2)ccc1OCc1ccccc1. The number of carbonyl (C=O) groups is 2. The van der Waals surface area contributed by atoms with Gasteiger partial charge in [0.05, 0.1) is 12.7 Å². The summed E-state index contributed by atoms with van der Waals surface area (Å²) in [6, 6.07) is 14.8. The van der Waals surface area contributed by atoms with Crippen molar-refractivity contribution in [3.8, 4) is 11.5 Å². The van der Waals surface area contributed by atoms with Gasteiger partial charge in [-0.1, -0.05) is 49.6 Å². The van der Waals surface area contributed by atoms with Crippen molar-refractivity contribution in [1.29, 1.82) is 0 Å². The lowest BCUT2D eigenvalue weighted by atomic mass is 9.95. The minimum atomic E-state index is -0.862. The average Bonchev–Trinajstić information content (AvgIpc) is 2.78. The van der Waals surface area contributed by atoms with Crippen molar-refractivity contribution in [2.75, 3.05) is 7.11 Å². The second-order valence-electron chi connectivity index (χ2n) is 7.53. The van der Waals surface area contributed by atoms with Crippen molar-refractivity contribution >= 4 is 11.9 Å². The first kappa shape index (κ1) is 21.7. The third-order valence-electron chi connectivity index (χ3n) is 5.24. The molecular formula is C24H29NO5. The van der Waals surface area contributed by atoms with Gasteiger partial charge in [0, 0.05) is 6.04 Å². The molecule has 1 aliphatic carbocycles. The van der Waals surface area contributed by atoms with Gasteiger partial charge in [-0.2, -0.15) is 0 Å². The van der Waals surface area contributed by atoms with Gasteiger partial charge in [0.1, 0.15) is 6.61 Å². The fourth-order valence-electron chi connectivity index (χ4n) is 3.50. The molecule has 6 nitrogen and oxygen atoms in total. The smallest absolute Gasteiger partial charge is 0.339 e. The summed E-state index contributed by atoms with van der Waals surface area (Å²) in [6.45, 7) is 1.98. The lowest BCUT2D eigenvalue weighted by Crippen LogP contribution is -2.42. The quantitative estimate of drug-likeness (QED) is 0.657. The zero-order chi connectivity index (χ0) is 21.3. The highest BCUT2D eigenvalue weighted by molar-refractivity contribution is 5.92. The van der Waals surface area contributed by atoms with Crippen molar-refractivity contribution < 1.29 is 23.8 Å². The zero-order valence-electron chi connectivity index (χ0n) is 17.6. The van der Waals surface area contributed by atoms with E-state index >= 15 is 0 Å². The molecule has 160 valence electrons. The monoisotopic (exact) mass is 411 g/mol. The van der Waals surface area contributed by atoms with Crippen LogP contribution in [0, 0.1) is 0 Å². The number of methoxy groups -OCH3 is 1. The first-order chi connectivity index (χ1) is 14.6. The Hall–Kier alpha value is -3.02. The summed E-state index contributed by atoms with van der Waals surface area (Å²) in [5.41, 5.74) is 1.33. The van der Waals surface area contributed by atoms with Crippen LogP contribution in [-0.2, 0) is 16.1 Å². The molecule has 0 spiro atoms. The number of hydrogen-bond acceptors (Lipinski definition) is 5. The molecule has 1 unspecified atom stereocenters. The number of rotatable bonds is 8. The largest absolute Gasteiger partial charge is 0.493 e. The van der Waals surface area contributed by atoms with E-state index in [2.05, 4.69) is 5.32 Å². The maximum atomic E-state index is 12.5. The summed E-state index contributed by atoms with van der Waals surface area (Å²) in [4.78, 5) is 24.9. The van der Waals surface area contributed by atoms with E-state index in [-0.39, 0.29) is 11.9 Å². The third kappa shape index (κ3) is 5.99. The summed E-state index contributed by atoms with van der Waals surface area (Å²) in [6.07, 6.45) is 4.56. The van der Waals surface area contributed by atoms with Gasteiger partial charge >= 0.3 is 5.97 Å². The number of nitrogens with one attached hydrogen (secondary N) is 1. The van der Waals surface area contributed by atoms with Gasteiger partial charge in [-0.05, 0) is 43.5 Å². The molecule has 2 aromatic carbocycles. The molecule has 3 rings (SSSR count). The standard InChI is InChI=1S/C24H29NO5/c1-17(23(26)25-20-11-7-4-8-12-20)30-24(27)19-13-14-21(22(15-19)28-2)29-16-18-9-5-3-6-10-18/h3,5-6,9-10,13-15,17,20H,4,7-8,11-12,16H2,1-2H3,(H,25,26). The van der Waals surface area contributed by atoms with Gasteiger partial charge in [-0.15, -0.1) is 0 Å². The maximum absolute atomic E-state index is 12.5. The van der Waals surface area contributed by atoms with E-state index in [4.69, 9.17) is 14.2 Å². The Bertz CT molecular complexity index is 846. The van der Waals surface area contributed by atoms with Crippen molar-refractivity contribution in [3.63, 3.8) is 0 Å². The van der Waals surface area contributed by atoms with Crippen LogP contribution < -0.4 is 14.8 Å². The van der Waals surface area contributed by atoms with Crippen molar-refractivity contribution in [2.24, 2.45) is 0 Å². The molecule has 0 bridgehead atoms. The highest BCUT2D eigenvalue weighted by Gasteiger charge is 2.23. The molecule has 0 aromatic heterocycles. The molecule has 0 aliphatic heterocycles. The van der Waals surface area contributed by atoms with Gasteiger partial charge in [-0.3, -0.25) is 4.79 Å². The minimum absolute atomic E-state index is 0.175. The summed E-state index contributed by atoms with van der Waals surface area (Å²) < 4.78 is 16.5. The van der Waals surface area contributed by atoms with Gasteiger partial charge in [-0.25, -0.2) is 4.79 Å². The number of hydrogen-bond donors (Lipinski definition) is 1. The fourth-order valence-corrected chi connectivity index (χ4v) is 3.50. The average molecular weight is 411 g/mol. The lowest BCUT2D eigenvalue weighted by molar-refractivity contribution is -0.130. The summed E-state index contributed by atoms with van der Waals surface area (Å²) in [7, 11) is 1.51. The van der Waals surface area contributed by atoms with Crippen molar-refractivity contribution in [1.82, 2.24) is 5.32 Å². The summed E-state index contributed by atoms with van der Waals surface area (Å²) in [5, 5.41) is 2.98. The van der Waals surface area contributed by atoms with Gasteiger partial charge in [0.15, 0.2) is 17.6 Å². The number of carbonyl (C=O) groups excluding carboxylic acids is 2. The molecule has 1 fully saturated rings. The first-order valence-corrected chi connectivity index (χ1v) is 10.4. The Morgan fingerprint density at radius 2 is 1.77 bits per heavy atom. The molecule has 1 N–H and O–H groups in total. The van der Waals surface area contributed by atoms with E-state index in [1.165, 1.54) is 13.5 Å². The van der Waals surface area contributed by atoms with Crippen LogP contribution in [0.4, 0.5) is 0 Å². The fraction of sp³-hybridized carbons (Fsp3) is 0.417. The minimum Gasteiger partial charge on any atom is -0.493 e. The second-order valence-corrected chi connectivity index (χ2v) is 7.53. The molecule has 1 amide bonds. The number of esters is 1. The predicted octanol–water partition coefficient (Wildman–Crippen LogP) is 4.27. The van der Waals surface area contributed by atoms with Crippen LogP contribution >= 0.6 is 0 Å². The summed E-state index contributed by atoms with van der Waals surface area (Å²) >= 11 is 0. The predicted molar refractivity (Wildman–Crippen MR) is 114 cm³/mol. The Morgan fingerprint density at radius 1 is 1.03 bits per heavy atom. The Labute approximate surface area is 177 Å². The topological polar surface area (TPSA) is 73.9 Å². The molecular weight excluding hydrogens is 382 g/mol. The van der Waals surface area contributed by atoms with Gasteiger partial charge in [0.25, 0.3) is 5.91 Å². The molecule has 1 saturated carbocycles. The van der Waals surface area contributed by atoms with Crippen molar-refractivity contribution in [2.45, 2.75) is 57.8 Å². The highest BCUT2D eigenvalue weighted by Crippen LogP contribution is 2.29. The van der Waals surface area contributed by atoms with E-state index in [0.717, 1.165) is 31.2 Å². The van der Waals surface area contributed by atoms with E-state index in [9.17, 15) is 9.59 Å². The molecule has 6 heteroatoms. The van der Waals surface area contributed by atoms with E-state index in [0.29, 0.717) is 23.7 Å². The van der Waals surface area contributed by atoms with E-state index in [1.807, 2.05) is 30.3 Å². The third-order valence-corrected chi connectivity index (χ3v) is 5.24. The molecule has 0 radical (unpaired) electrons. The lowest BCUT2D eigenvalue weighted by Gasteiger charge is -2.24. The maximum Gasteiger partial charge on any atom is 0.339 e. The number of benzene rings is 2. The molecule has 30 heavy (non-hydrogen) atoms. The molecule has 1 atom stereocenters. The Morgan fingerprint density at radius 3 is 2.47 bits per heavy atom. The van der Waals surface area contributed by atoms with E-state index in [1.54, 1.807) is 25.1 Å². The van der Waals surface area contributed by atoms with Crippen LogP contribution in [0.5, 0.6) is 11.5 Å². The second kappa shape index (κ2) is 10.7. The molecule has 0 heterocycles. The van der Waals surface area contributed by atoms with E-state index < -0.39 is 12.1 Å². The van der Waals surface area contributed by atoms with Crippen molar-refractivity contribution in [3.05, 3.63) is 59.7 Å². The molecule has 2 aromatic rings. The van der Waals surface area contributed by atoms with Crippen LogP contribution in [-0.4, -0.2) is 31.1 Å².